The van der Waals surface area contributed by atoms with E-state index in [9.17, 15) is 9.59 Å². The molecule has 35 heavy (non-hydrogen) atoms. The number of halogens is 2. The number of methoxy groups -OCH3 is 2. The molecule has 0 atom stereocenters. The molecule has 0 amide bonds. The molecule has 0 unspecified atom stereocenters. The van der Waals surface area contributed by atoms with Gasteiger partial charge in [0.2, 0.25) is 0 Å². The highest BCUT2D eigenvalue weighted by atomic mass is 79.9. The fraction of sp³-hybridized carbons (Fsp3) is 0.481. The van der Waals surface area contributed by atoms with Crippen molar-refractivity contribution in [2.75, 3.05) is 38.1 Å². The first-order valence-corrected chi connectivity index (χ1v) is 13.8. The summed E-state index contributed by atoms with van der Waals surface area (Å²) in [4.78, 5) is 26.0. The summed E-state index contributed by atoms with van der Waals surface area (Å²) < 4.78 is 22.1. The largest absolute Gasteiger partial charge is 0.493 e. The number of rotatable bonds is 16. The van der Waals surface area contributed by atoms with Gasteiger partial charge < -0.3 is 18.9 Å². The summed E-state index contributed by atoms with van der Waals surface area (Å²) in [6, 6.07) is 11.3. The van der Waals surface area contributed by atoms with Crippen LogP contribution in [0.2, 0.25) is 0 Å². The third-order valence-corrected chi connectivity index (χ3v) is 6.45. The summed E-state index contributed by atoms with van der Waals surface area (Å²) in [6.45, 7) is 4.50. The zero-order chi connectivity index (χ0) is 25.8. The fourth-order valence-corrected chi connectivity index (χ4v) is 3.89. The highest BCUT2D eigenvalue weighted by molar-refractivity contribution is 9.09. The number of carbonyl (C=O) groups excluding carboxylic acids is 2. The van der Waals surface area contributed by atoms with Gasteiger partial charge in [-0.25, -0.2) is 0 Å². The second-order valence-electron chi connectivity index (χ2n) is 8.52. The molecule has 192 valence electrons. The molecule has 8 heteroatoms. The fourth-order valence-electron chi connectivity index (χ4n) is 3.57. The minimum Gasteiger partial charge on any atom is -0.493 e. The Morgan fingerprint density at radius 3 is 1.46 bits per heavy atom. The van der Waals surface area contributed by atoms with Crippen molar-refractivity contribution in [1.29, 1.82) is 0 Å². The molecule has 0 aliphatic heterocycles. The van der Waals surface area contributed by atoms with Crippen molar-refractivity contribution in [3.05, 3.63) is 47.5 Å². The van der Waals surface area contributed by atoms with E-state index in [1.165, 1.54) is 0 Å². The Labute approximate surface area is 224 Å². The third kappa shape index (κ3) is 8.53. The van der Waals surface area contributed by atoms with E-state index in [0.717, 1.165) is 21.8 Å². The van der Waals surface area contributed by atoms with Gasteiger partial charge in [0.05, 0.1) is 32.8 Å². The zero-order valence-electron chi connectivity index (χ0n) is 20.8. The van der Waals surface area contributed by atoms with Crippen LogP contribution in [0.4, 0.5) is 0 Å². The van der Waals surface area contributed by atoms with Crippen molar-refractivity contribution in [3.8, 4) is 23.0 Å². The van der Waals surface area contributed by atoms with E-state index < -0.39 is 5.41 Å². The highest BCUT2D eigenvalue weighted by Crippen LogP contribution is 2.31. The van der Waals surface area contributed by atoms with Crippen molar-refractivity contribution in [1.82, 2.24) is 0 Å². The molecule has 0 saturated heterocycles. The molecule has 0 heterocycles. The summed E-state index contributed by atoms with van der Waals surface area (Å²) in [7, 11) is 3.18. The van der Waals surface area contributed by atoms with Gasteiger partial charge in [-0.05, 0) is 62.1 Å². The van der Waals surface area contributed by atoms with Gasteiger partial charge in [-0.3, -0.25) is 9.59 Å². The van der Waals surface area contributed by atoms with Crippen molar-refractivity contribution in [2.45, 2.75) is 39.5 Å². The lowest BCUT2D eigenvalue weighted by Gasteiger charge is -2.22. The quantitative estimate of drug-likeness (QED) is 0.171. The van der Waals surface area contributed by atoms with Crippen LogP contribution in [0.1, 0.15) is 37.8 Å². The van der Waals surface area contributed by atoms with E-state index >= 15 is 0 Å². The number of aryl methyl sites for hydroxylation is 2. The zero-order valence-corrected chi connectivity index (χ0v) is 24.0. The maximum atomic E-state index is 13.0. The molecule has 0 spiro atoms. The number of ether oxygens (including phenoxy) is 4. The van der Waals surface area contributed by atoms with Crippen molar-refractivity contribution >= 4 is 43.4 Å². The van der Waals surface area contributed by atoms with Gasteiger partial charge in [-0.1, -0.05) is 44.0 Å². The molecule has 2 rings (SSSR count). The normalized spacial score (nSPS) is 11.1. The van der Waals surface area contributed by atoms with Crippen LogP contribution in [-0.4, -0.2) is 49.7 Å². The molecule has 0 bridgehead atoms. The summed E-state index contributed by atoms with van der Waals surface area (Å²) in [5, 5.41) is 1.44. The molecule has 2 aromatic rings. The molecule has 0 aliphatic rings. The maximum Gasteiger partial charge on any atom is 0.161 e. The van der Waals surface area contributed by atoms with E-state index in [1.807, 2.05) is 36.4 Å². The SMILES string of the molecule is COc1cc(CCC(=O)C(C)(C)C(=O)CCc2ccc(OCCBr)c(OC)c2)ccc1OCCBr. The summed E-state index contributed by atoms with van der Waals surface area (Å²) >= 11 is 6.67. The average Bonchev–Trinajstić information content (AvgIpc) is 2.87. The summed E-state index contributed by atoms with van der Waals surface area (Å²) in [5.41, 5.74) is 0.865. The van der Waals surface area contributed by atoms with Gasteiger partial charge in [-0.2, -0.15) is 0 Å². The Morgan fingerprint density at radius 1 is 0.714 bits per heavy atom. The predicted octanol–water partition coefficient (Wildman–Crippen LogP) is 5.98. The molecule has 6 nitrogen and oxygen atoms in total. The van der Waals surface area contributed by atoms with Gasteiger partial charge in [0, 0.05) is 23.5 Å². The molecule has 0 fully saturated rings. The predicted molar refractivity (Wildman–Crippen MR) is 145 cm³/mol. The smallest absolute Gasteiger partial charge is 0.161 e. The first kappa shape index (κ1) is 29.2. The average molecular weight is 614 g/mol. The van der Waals surface area contributed by atoms with Crippen LogP contribution in [0.3, 0.4) is 0 Å². The Kier molecular flexibility index (Phi) is 12.1. The number of hydrogen-bond donors (Lipinski definition) is 0. The molecule has 0 saturated carbocycles. The first-order chi connectivity index (χ1) is 16.8. The Bertz CT molecular complexity index is 912. The number of hydrogen-bond acceptors (Lipinski definition) is 6. The Morgan fingerprint density at radius 2 is 1.11 bits per heavy atom. The molecule has 2 aromatic carbocycles. The molecule has 0 radical (unpaired) electrons. The van der Waals surface area contributed by atoms with Crippen LogP contribution in [0.15, 0.2) is 36.4 Å². The second kappa shape index (κ2) is 14.5. The summed E-state index contributed by atoms with van der Waals surface area (Å²) in [6.07, 6.45) is 1.60. The van der Waals surface area contributed by atoms with Crippen LogP contribution in [0.25, 0.3) is 0 Å². The van der Waals surface area contributed by atoms with Crippen LogP contribution in [0, 0.1) is 5.41 Å². The van der Waals surface area contributed by atoms with Crippen molar-refractivity contribution in [2.24, 2.45) is 5.41 Å². The number of carbonyl (C=O) groups is 2. The van der Waals surface area contributed by atoms with Crippen molar-refractivity contribution in [3.63, 3.8) is 0 Å². The molecule has 0 N–H and O–H groups in total. The van der Waals surface area contributed by atoms with Gasteiger partial charge >= 0.3 is 0 Å². The lowest BCUT2D eigenvalue weighted by molar-refractivity contribution is -0.138. The standard InChI is InChI=1S/C27H34Br2O6/c1-27(2,25(30)11-7-19-5-9-21(34-15-13-28)23(17-19)32-3)26(31)12-8-20-6-10-22(35-16-14-29)24(18-20)33-4/h5-6,9-10,17-18H,7-8,11-16H2,1-4H3. The Balaban J connectivity index is 1.95. The molecule has 0 aliphatic carbocycles. The van der Waals surface area contributed by atoms with E-state index in [1.54, 1.807) is 28.1 Å². The molecule has 0 aromatic heterocycles. The van der Waals surface area contributed by atoms with Crippen molar-refractivity contribution < 1.29 is 28.5 Å². The van der Waals surface area contributed by atoms with E-state index in [0.29, 0.717) is 49.1 Å². The number of benzene rings is 2. The minimum atomic E-state index is -1.05. The van der Waals surface area contributed by atoms with Gasteiger partial charge in [0.1, 0.15) is 11.6 Å². The second-order valence-corrected chi connectivity index (χ2v) is 10.1. The van der Waals surface area contributed by atoms with E-state index in [-0.39, 0.29) is 24.4 Å². The Hall–Kier alpha value is -2.06. The number of alkyl halides is 2. The highest BCUT2D eigenvalue weighted by Gasteiger charge is 2.34. The van der Waals surface area contributed by atoms with E-state index in [4.69, 9.17) is 18.9 Å². The first-order valence-electron chi connectivity index (χ1n) is 11.5. The van der Waals surface area contributed by atoms with Gasteiger partial charge in [-0.15, -0.1) is 0 Å². The number of Topliss-reactive ketones (excluding diaryl/α,β-unsaturated/α-hetero) is 2. The lowest BCUT2D eigenvalue weighted by Crippen LogP contribution is -2.34. The van der Waals surface area contributed by atoms with Crippen LogP contribution in [0.5, 0.6) is 23.0 Å². The monoisotopic (exact) mass is 612 g/mol. The van der Waals surface area contributed by atoms with E-state index in [2.05, 4.69) is 31.9 Å². The third-order valence-electron chi connectivity index (χ3n) is 5.80. The van der Waals surface area contributed by atoms with Crippen LogP contribution < -0.4 is 18.9 Å². The summed E-state index contributed by atoms with van der Waals surface area (Å²) in [5.74, 6) is 2.44. The lowest BCUT2D eigenvalue weighted by atomic mass is 9.79. The number of ketones is 2. The van der Waals surface area contributed by atoms with Gasteiger partial charge in [0.25, 0.3) is 0 Å². The molecular weight excluding hydrogens is 580 g/mol. The van der Waals surface area contributed by atoms with Crippen LogP contribution >= 0.6 is 31.9 Å². The van der Waals surface area contributed by atoms with Crippen LogP contribution in [-0.2, 0) is 22.4 Å². The maximum absolute atomic E-state index is 13.0. The van der Waals surface area contributed by atoms with Gasteiger partial charge in [0.15, 0.2) is 23.0 Å². The topological polar surface area (TPSA) is 71.1 Å². The minimum absolute atomic E-state index is 0.0721. The molecular formula is C27H34Br2O6.